The van der Waals surface area contributed by atoms with Crippen LogP contribution in [-0.2, 0) is 6.42 Å². The molecule has 0 radical (unpaired) electrons. The van der Waals surface area contributed by atoms with E-state index in [9.17, 15) is 0 Å². The molecule has 4 nitrogen and oxygen atoms in total. The van der Waals surface area contributed by atoms with Crippen LogP contribution in [-0.4, -0.2) is 19.7 Å². The smallest absolute Gasteiger partial charge is 0.119 e. The second kappa shape index (κ2) is 5.76. The lowest BCUT2D eigenvalue weighted by Gasteiger charge is -2.21. The molecular formula is C17H17N3O. The van der Waals surface area contributed by atoms with E-state index in [4.69, 9.17) is 15.7 Å². The minimum absolute atomic E-state index is 0.597. The number of nitrogens with two attached hydrogens (primary N) is 1. The molecule has 0 saturated carbocycles. The summed E-state index contributed by atoms with van der Waals surface area (Å²) < 4.78 is 5.73. The molecule has 0 aromatic heterocycles. The first-order valence-corrected chi connectivity index (χ1v) is 7.03. The van der Waals surface area contributed by atoms with Gasteiger partial charge in [-0.3, -0.25) is 0 Å². The van der Waals surface area contributed by atoms with Gasteiger partial charge in [-0.1, -0.05) is 12.1 Å². The van der Waals surface area contributed by atoms with Gasteiger partial charge in [-0.2, -0.15) is 5.26 Å². The Bertz CT molecular complexity index is 673. The number of benzene rings is 2. The number of anilines is 2. The number of nitrogen functional groups attached to an aromatic ring is 1. The van der Waals surface area contributed by atoms with E-state index in [0.717, 1.165) is 36.6 Å². The first kappa shape index (κ1) is 13.3. The predicted octanol–water partition coefficient (Wildman–Crippen LogP) is 2.58. The number of para-hydroxylation sites is 1. The summed E-state index contributed by atoms with van der Waals surface area (Å²) in [5.41, 5.74) is 10.0. The molecule has 21 heavy (non-hydrogen) atoms. The first-order valence-electron chi connectivity index (χ1n) is 7.03. The molecule has 2 N–H and O–H groups in total. The Hall–Kier alpha value is -2.67. The summed E-state index contributed by atoms with van der Waals surface area (Å²) in [4.78, 5) is 2.27. The molecule has 0 unspecified atom stereocenters. The lowest BCUT2D eigenvalue weighted by molar-refractivity contribution is 0.324. The van der Waals surface area contributed by atoms with Crippen LogP contribution in [0.3, 0.4) is 0 Å². The average Bonchev–Trinajstić information content (AvgIpc) is 2.93. The Balaban J connectivity index is 1.59. The third kappa shape index (κ3) is 2.77. The van der Waals surface area contributed by atoms with Gasteiger partial charge in [-0.15, -0.1) is 0 Å². The van der Waals surface area contributed by atoms with Crippen molar-refractivity contribution in [2.45, 2.75) is 6.42 Å². The van der Waals surface area contributed by atoms with E-state index in [0.29, 0.717) is 12.2 Å². The largest absolute Gasteiger partial charge is 0.492 e. The predicted molar refractivity (Wildman–Crippen MR) is 83.4 cm³/mol. The molecule has 0 spiro atoms. The highest BCUT2D eigenvalue weighted by Crippen LogP contribution is 2.33. The second-order valence-electron chi connectivity index (χ2n) is 5.08. The highest BCUT2D eigenvalue weighted by Gasteiger charge is 2.20. The van der Waals surface area contributed by atoms with E-state index >= 15 is 0 Å². The van der Waals surface area contributed by atoms with Gasteiger partial charge in [0.2, 0.25) is 0 Å². The monoisotopic (exact) mass is 279 g/mol. The van der Waals surface area contributed by atoms with E-state index in [2.05, 4.69) is 17.0 Å². The van der Waals surface area contributed by atoms with Gasteiger partial charge in [-0.05, 0) is 42.3 Å². The van der Waals surface area contributed by atoms with Crippen molar-refractivity contribution in [3.63, 3.8) is 0 Å². The van der Waals surface area contributed by atoms with Crippen LogP contribution in [0.15, 0.2) is 42.5 Å². The van der Waals surface area contributed by atoms with Gasteiger partial charge < -0.3 is 15.4 Å². The summed E-state index contributed by atoms with van der Waals surface area (Å²) in [6.07, 6.45) is 1.04. The standard InChI is InChI=1S/C17H17N3O/c18-12-13-4-6-15(7-5-13)21-11-10-20-9-8-14-2-1-3-16(19)17(14)20/h1-7H,8-11,19H2. The highest BCUT2D eigenvalue weighted by atomic mass is 16.5. The normalized spacial score (nSPS) is 12.8. The Morgan fingerprint density at radius 1 is 1.19 bits per heavy atom. The van der Waals surface area contributed by atoms with Crippen molar-refractivity contribution >= 4 is 11.4 Å². The molecule has 1 heterocycles. The van der Waals surface area contributed by atoms with Gasteiger partial charge in [0.1, 0.15) is 12.4 Å². The molecule has 2 aromatic carbocycles. The maximum atomic E-state index is 8.76. The van der Waals surface area contributed by atoms with Crippen LogP contribution in [0.5, 0.6) is 5.75 Å². The molecule has 0 fully saturated rings. The van der Waals surface area contributed by atoms with Gasteiger partial charge in [-0.25, -0.2) is 0 Å². The maximum Gasteiger partial charge on any atom is 0.119 e. The van der Waals surface area contributed by atoms with Crippen molar-refractivity contribution < 1.29 is 4.74 Å². The zero-order valence-electron chi connectivity index (χ0n) is 11.7. The number of hydrogen-bond donors (Lipinski definition) is 1. The zero-order valence-corrected chi connectivity index (χ0v) is 11.7. The van der Waals surface area contributed by atoms with Gasteiger partial charge in [0.25, 0.3) is 0 Å². The van der Waals surface area contributed by atoms with Crippen LogP contribution in [0.25, 0.3) is 0 Å². The number of fused-ring (bicyclic) bond motifs is 1. The quantitative estimate of drug-likeness (QED) is 0.874. The fourth-order valence-electron chi connectivity index (χ4n) is 2.69. The van der Waals surface area contributed by atoms with Gasteiger partial charge in [0, 0.05) is 6.54 Å². The summed E-state index contributed by atoms with van der Waals surface area (Å²) >= 11 is 0. The molecule has 106 valence electrons. The molecule has 3 rings (SSSR count). The molecule has 0 aliphatic carbocycles. The molecule has 1 aliphatic rings. The third-order valence-electron chi connectivity index (χ3n) is 3.73. The highest BCUT2D eigenvalue weighted by molar-refractivity contribution is 5.74. The van der Waals surface area contributed by atoms with Crippen LogP contribution in [0.2, 0.25) is 0 Å². The summed E-state index contributed by atoms with van der Waals surface area (Å²) in [7, 11) is 0. The van der Waals surface area contributed by atoms with Crippen LogP contribution in [0, 0.1) is 11.3 Å². The van der Waals surface area contributed by atoms with Crippen LogP contribution < -0.4 is 15.4 Å². The summed E-state index contributed by atoms with van der Waals surface area (Å²) in [5.74, 6) is 0.787. The molecule has 0 amide bonds. The van der Waals surface area contributed by atoms with Crippen molar-refractivity contribution in [2.75, 3.05) is 30.3 Å². The Morgan fingerprint density at radius 3 is 2.76 bits per heavy atom. The van der Waals surface area contributed by atoms with Crippen molar-refractivity contribution in [3.05, 3.63) is 53.6 Å². The van der Waals surface area contributed by atoms with E-state index in [1.165, 1.54) is 5.56 Å². The number of rotatable bonds is 4. The topological polar surface area (TPSA) is 62.3 Å². The number of nitrogens with zero attached hydrogens (tertiary/aromatic N) is 2. The van der Waals surface area contributed by atoms with Crippen LogP contribution in [0.1, 0.15) is 11.1 Å². The minimum Gasteiger partial charge on any atom is -0.492 e. The molecule has 4 heteroatoms. The molecule has 0 atom stereocenters. The summed E-state index contributed by atoms with van der Waals surface area (Å²) in [6, 6.07) is 15.3. The Morgan fingerprint density at radius 2 is 2.00 bits per heavy atom. The van der Waals surface area contributed by atoms with Gasteiger partial charge in [0.05, 0.1) is 29.6 Å². The minimum atomic E-state index is 0.597. The lowest BCUT2D eigenvalue weighted by atomic mass is 10.1. The number of ether oxygens (including phenoxy) is 1. The summed E-state index contributed by atoms with van der Waals surface area (Å²) in [6.45, 7) is 2.39. The van der Waals surface area contributed by atoms with E-state index in [1.807, 2.05) is 24.3 Å². The van der Waals surface area contributed by atoms with Crippen molar-refractivity contribution in [1.29, 1.82) is 5.26 Å². The fourth-order valence-corrected chi connectivity index (χ4v) is 2.69. The van der Waals surface area contributed by atoms with Crippen LogP contribution >= 0.6 is 0 Å². The molecule has 0 bridgehead atoms. The maximum absolute atomic E-state index is 8.76. The molecule has 1 aliphatic heterocycles. The van der Waals surface area contributed by atoms with Crippen molar-refractivity contribution in [3.8, 4) is 11.8 Å². The summed E-state index contributed by atoms with van der Waals surface area (Å²) in [5, 5.41) is 8.76. The molecule has 0 saturated heterocycles. The second-order valence-corrected chi connectivity index (χ2v) is 5.08. The Kier molecular flexibility index (Phi) is 3.65. The van der Waals surface area contributed by atoms with Gasteiger partial charge in [0.15, 0.2) is 0 Å². The Labute approximate surface area is 124 Å². The zero-order chi connectivity index (χ0) is 14.7. The van der Waals surface area contributed by atoms with Gasteiger partial charge >= 0.3 is 0 Å². The molecular weight excluding hydrogens is 262 g/mol. The first-order chi connectivity index (χ1) is 10.3. The number of nitriles is 1. The SMILES string of the molecule is N#Cc1ccc(OCCN2CCc3cccc(N)c32)cc1. The van der Waals surface area contributed by atoms with E-state index in [1.54, 1.807) is 12.1 Å². The van der Waals surface area contributed by atoms with E-state index < -0.39 is 0 Å². The van der Waals surface area contributed by atoms with Crippen molar-refractivity contribution in [1.82, 2.24) is 0 Å². The van der Waals surface area contributed by atoms with Crippen molar-refractivity contribution in [2.24, 2.45) is 0 Å². The lowest BCUT2D eigenvalue weighted by Crippen LogP contribution is -2.26. The fraction of sp³-hybridized carbons (Fsp3) is 0.235. The average molecular weight is 279 g/mol. The number of hydrogen-bond acceptors (Lipinski definition) is 4. The van der Waals surface area contributed by atoms with E-state index in [-0.39, 0.29) is 0 Å². The molecule has 2 aromatic rings. The third-order valence-corrected chi connectivity index (χ3v) is 3.73. The van der Waals surface area contributed by atoms with Crippen LogP contribution in [0.4, 0.5) is 11.4 Å².